The Bertz CT molecular complexity index is 1100. The average Bonchev–Trinajstić information content (AvgIpc) is 2.82. The van der Waals surface area contributed by atoms with Gasteiger partial charge in [0.25, 0.3) is 5.91 Å². The number of carbonyl (C=O) groups is 2. The minimum absolute atomic E-state index is 0.105. The number of amides is 2. The van der Waals surface area contributed by atoms with E-state index < -0.39 is 17.8 Å². The molecule has 2 aromatic carbocycles. The van der Waals surface area contributed by atoms with Gasteiger partial charge in [-0.1, -0.05) is 38.1 Å². The molecule has 0 aliphatic heterocycles. The van der Waals surface area contributed by atoms with E-state index in [0.29, 0.717) is 17.4 Å². The van der Waals surface area contributed by atoms with Gasteiger partial charge in [-0.05, 0) is 35.7 Å². The molecule has 1 aromatic heterocycles. The second-order valence-corrected chi connectivity index (χ2v) is 7.68. The van der Waals surface area contributed by atoms with Gasteiger partial charge in [0.1, 0.15) is 23.4 Å². The van der Waals surface area contributed by atoms with Gasteiger partial charge >= 0.3 is 0 Å². The Morgan fingerprint density at radius 3 is 2.45 bits per heavy atom. The molecular weight excluding hydrogens is 425 g/mol. The van der Waals surface area contributed by atoms with Crippen LogP contribution < -0.4 is 20.1 Å². The highest BCUT2D eigenvalue weighted by molar-refractivity contribution is 5.97. The van der Waals surface area contributed by atoms with E-state index >= 15 is 0 Å². The van der Waals surface area contributed by atoms with Crippen molar-refractivity contribution in [2.45, 2.75) is 26.4 Å². The minimum atomic E-state index is -0.819. The van der Waals surface area contributed by atoms with Crippen molar-refractivity contribution in [3.05, 3.63) is 83.8 Å². The zero-order valence-electron chi connectivity index (χ0n) is 18.7. The lowest BCUT2D eigenvalue weighted by molar-refractivity contribution is -0.124. The van der Waals surface area contributed by atoms with Crippen LogP contribution in [0.4, 0.5) is 4.39 Å². The molecule has 0 bridgehead atoms. The molecule has 2 amide bonds. The monoisotopic (exact) mass is 451 g/mol. The van der Waals surface area contributed by atoms with Gasteiger partial charge in [0.05, 0.1) is 12.7 Å². The molecule has 3 rings (SSSR count). The number of methoxy groups -OCH3 is 1. The smallest absolute Gasteiger partial charge is 0.254 e. The first-order valence-electron chi connectivity index (χ1n) is 10.5. The number of hydrogen-bond acceptors (Lipinski definition) is 5. The van der Waals surface area contributed by atoms with Crippen molar-refractivity contribution in [2.24, 2.45) is 5.92 Å². The van der Waals surface area contributed by atoms with Crippen molar-refractivity contribution in [3.63, 3.8) is 0 Å². The molecule has 2 N–H and O–H groups in total. The normalized spacial score (nSPS) is 11.5. The molecular formula is C25H26FN3O4. The Morgan fingerprint density at radius 1 is 1.03 bits per heavy atom. The SMILES string of the molecule is COc1cccc(Oc2ccc(CNC(=O)C(NC(=O)c3ccccc3F)C(C)C)cn2)c1. The summed E-state index contributed by atoms with van der Waals surface area (Å²) in [6, 6.07) is 15.5. The Hall–Kier alpha value is -3.94. The average molecular weight is 451 g/mol. The van der Waals surface area contributed by atoms with Gasteiger partial charge in [-0.25, -0.2) is 9.37 Å². The molecule has 0 saturated heterocycles. The van der Waals surface area contributed by atoms with Crippen LogP contribution in [0.1, 0.15) is 29.8 Å². The Balaban J connectivity index is 1.57. The molecule has 1 heterocycles. The fourth-order valence-electron chi connectivity index (χ4n) is 3.06. The maximum Gasteiger partial charge on any atom is 0.254 e. The van der Waals surface area contributed by atoms with Crippen LogP contribution in [0.15, 0.2) is 66.9 Å². The standard InChI is InChI=1S/C25H26FN3O4/c1-16(2)23(29-24(30)20-9-4-5-10-21(20)26)25(31)28-15-17-11-12-22(27-14-17)33-19-8-6-7-18(13-19)32-3/h4-14,16,23H,15H2,1-3H3,(H,28,31)(H,29,30). The van der Waals surface area contributed by atoms with E-state index in [1.165, 1.54) is 18.2 Å². The van der Waals surface area contributed by atoms with Crippen LogP contribution in [0.5, 0.6) is 17.4 Å². The number of halogens is 1. The van der Waals surface area contributed by atoms with Gasteiger partial charge in [0.2, 0.25) is 11.8 Å². The van der Waals surface area contributed by atoms with E-state index in [9.17, 15) is 14.0 Å². The number of aromatic nitrogens is 1. The van der Waals surface area contributed by atoms with Crippen LogP contribution >= 0.6 is 0 Å². The van der Waals surface area contributed by atoms with Crippen molar-refractivity contribution < 1.29 is 23.5 Å². The topological polar surface area (TPSA) is 89.5 Å². The summed E-state index contributed by atoms with van der Waals surface area (Å²) in [4.78, 5) is 29.4. The van der Waals surface area contributed by atoms with E-state index in [-0.39, 0.29) is 23.9 Å². The number of ether oxygens (including phenoxy) is 2. The fraction of sp³-hybridized carbons (Fsp3) is 0.240. The van der Waals surface area contributed by atoms with Crippen LogP contribution in [-0.2, 0) is 11.3 Å². The van der Waals surface area contributed by atoms with Crippen LogP contribution in [0.25, 0.3) is 0 Å². The van der Waals surface area contributed by atoms with Gasteiger partial charge < -0.3 is 20.1 Å². The van der Waals surface area contributed by atoms with Crippen molar-refractivity contribution >= 4 is 11.8 Å². The van der Waals surface area contributed by atoms with E-state index in [1.807, 2.05) is 12.1 Å². The molecule has 0 spiro atoms. The molecule has 8 heteroatoms. The van der Waals surface area contributed by atoms with Crippen molar-refractivity contribution in [2.75, 3.05) is 7.11 Å². The first-order chi connectivity index (χ1) is 15.9. The maximum absolute atomic E-state index is 13.9. The summed E-state index contributed by atoms with van der Waals surface area (Å²) >= 11 is 0. The lowest BCUT2D eigenvalue weighted by atomic mass is 10.0. The van der Waals surface area contributed by atoms with Gasteiger partial charge in [0.15, 0.2) is 0 Å². The van der Waals surface area contributed by atoms with Crippen LogP contribution in [0.2, 0.25) is 0 Å². The summed E-state index contributed by atoms with van der Waals surface area (Å²) in [7, 11) is 1.58. The third kappa shape index (κ3) is 6.52. The Labute approximate surface area is 192 Å². The molecule has 0 aliphatic rings. The van der Waals surface area contributed by atoms with Gasteiger partial charge in [-0.15, -0.1) is 0 Å². The molecule has 0 saturated carbocycles. The van der Waals surface area contributed by atoms with E-state index in [4.69, 9.17) is 9.47 Å². The number of benzene rings is 2. The Kier molecular flexibility index (Phi) is 7.96. The van der Waals surface area contributed by atoms with Gasteiger partial charge in [-0.3, -0.25) is 9.59 Å². The molecule has 7 nitrogen and oxygen atoms in total. The summed E-state index contributed by atoms with van der Waals surface area (Å²) in [6.45, 7) is 3.82. The number of pyridine rings is 1. The number of rotatable bonds is 9. The molecule has 1 atom stereocenters. The lowest BCUT2D eigenvalue weighted by Gasteiger charge is -2.22. The van der Waals surface area contributed by atoms with E-state index in [1.54, 1.807) is 57.5 Å². The van der Waals surface area contributed by atoms with Gasteiger partial charge in [-0.2, -0.15) is 0 Å². The number of carbonyl (C=O) groups excluding carboxylic acids is 2. The fourth-order valence-corrected chi connectivity index (χ4v) is 3.06. The molecule has 1 unspecified atom stereocenters. The van der Waals surface area contributed by atoms with Crippen LogP contribution in [0, 0.1) is 11.7 Å². The largest absolute Gasteiger partial charge is 0.497 e. The Morgan fingerprint density at radius 2 is 1.79 bits per heavy atom. The summed E-state index contributed by atoms with van der Waals surface area (Å²) in [5.74, 6) is -0.177. The quantitative estimate of drug-likeness (QED) is 0.512. The van der Waals surface area contributed by atoms with E-state index in [2.05, 4.69) is 15.6 Å². The summed E-state index contributed by atoms with van der Waals surface area (Å²) in [5.41, 5.74) is 0.649. The second-order valence-electron chi connectivity index (χ2n) is 7.68. The zero-order chi connectivity index (χ0) is 23.8. The highest BCUT2D eigenvalue weighted by Gasteiger charge is 2.25. The first kappa shape index (κ1) is 23.7. The minimum Gasteiger partial charge on any atom is -0.497 e. The molecule has 0 aliphatic carbocycles. The van der Waals surface area contributed by atoms with Crippen molar-refractivity contribution in [3.8, 4) is 17.4 Å². The van der Waals surface area contributed by atoms with Crippen molar-refractivity contribution in [1.29, 1.82) is 0 Å². The molecule has 172 valence electrons. The van der Waals surface area contributed by atoms with Crippen LogP contribution in [-0.4, -0.2) is 29.9 Å². The summed E-state index contributed by atoms with van der Waals surface area (Å²) in [6.07, 6.45) is 1.60. The van der Waals surface area contributed by atoms with E-state index in [0.717, 1.165) is 5.56 Å². The predicted octanol–water partition coefficient (Wildman–Crippen LogP) is 4.09. The van der Waals surface area contributed by atoms with Crippen LogP contribution in [0.3, 0.4) is 0 Å². The zero-order valence-corrected chi connectivity index (χ0v) is 18.7. The summed E-state index contributed by atoms with van der Waals surface area (Å²) in [5, 5.41) is 5.41. The molecule has 0 fully saturated rings. The number of hydrogen-bond donors (Lipinski definition) is 2. The third-order valence-corrected chi connectivity index (χ3v) is 4.88. The number of nitrogens with zero attached hydrogens (tertiary/aromatic N) is 1. The summed E-state index contributed by atoms with van der Waals surface area (Å²) < 4.78 is 24.8. The molecule has 0 radical (unpaired) electrons. The second kappa shape index (κ2) is 11.1. The highest BCUT2D eigenvalue weighted by Crippen LogP contribution is 2.23. The first-order valence-corrected chi connectivity index (χ1v) is 10.5. The number of nitrogens with one attached hydrogen (secondary N) is 2. The van der Waals surface area contributed by atoms with Crippen molar-refractivity contribution in [1.82, 2.24) is 15.6 Å². The maximum atomic E-state index is 13.9. The highest BCUT2D eigenvalue weighted by atomic mass is 19.1. The van der Waals surface area contributed by atoms with Gasteiger partial charge in [0, 0.05) is 24.9 Å². The molecule has 3 aromatic rings. The third-order valence-electron chi connectivity index (χ3n) is 4.88. The predicted molar refractivity (Wildman–Crippen MR) is 122 cm³/mol. The lowest BCUT2D eigenvalue weighted by Crippen LogP contribution is -2.49. The molecule has 33 heavy (non-hydrogen) atoms.